The van der Waals surface area contributed by atoms with Gasteiger partial charge in [0.05, 0.1) is 16.1 Å². The summed E-state index contributed by atoms with van der Waals surface area (Å²) in [6.45, 7) is 0. The van der Waals surface area contributed by atoms with Crippen LogP contribution in [0.3, 0.4) is 0 Å². The van der Waals surface area contributed by atoms with Crippen molar-refractivity contribution in [1.82, 2.24) is 4.98 Å². The molecule has 26 heavy (non-hydrogen) atoms. The number of hydrogen-bond acceptors (Lipinski definition) is 4. The maximum atomic E-state index is 10.7. The number of para-hydroxylation sites is 1. The third-order valence-corrected chi connectivity index (χ3v) is 4.03. The van der Waals surface area contributed by atoms with Crippen molar-refractivity contribution in [2.24, 2.45) is 0 Å². The summed E-state index contributed by atoms with van der Waals surface area (Å²) in [6.07, 6.45) is 3.75. The van der Waals surface area contributed by atoms with Crippen molar-refractivity contribution in [1.29, 1.82) is 0 Å². The normalized spacial score (nSPS) is 11.2. The molecule has 0 N–H and O–H groups in total. The van der Waals surface area contributed by atoms with Crippen LogP contribution in [-0.4, -0.2) is 9.91 Å². The number of pyridine rings is 1. The van der Waals surface area contributed by atoms with Crippen molar-refractivity contribution in [2.75, 3.05) is 0 Å². The van der Waals surface area contributed by atoms with E-state index >= 15 is 0 Å². The lowest BCUT2D eigenvalue weighted by atomic mass is 10.1. The van der Waals surface area contributed by atoms with Crippen molar-refractivity contribution in [3.63, 3.8) is 0 Å². The van der Waals surface area contributed by atoms with Gasteiger partial charge in [0, 0.05) is 23.1 Å². The van der Waals surface area contributed by atoms with E-state index in [1.54, 1.807) is 12.1 Å². The Morgan fingerprint density at radius 1 is 0.885 bits per heavy atom. The molecule has 2 heterocycles. The van der Waals surface area contributed by atoms with Gasteiger partial charge in [-0.3, -0.25) is 10.1 Å². The van der Waals surface area contributed by atoms with E-state index in [1.165, 1.54) is 12.1 Å². The number of nitro groups is 1. The molecule has 0 radical (unpaired) electrons. The lowest BCUT2D eigenvalue weighted by molar-refractivity contribution is -0.384. The molecular weight excluding hydrogens is 328 g/mol. The summed E-state index contributed by atoms with van der Waals surface area (Å²) in [5.41, 5.74) is 2.64. The van der Waals surface area contributed by atoms with Crippen LogP contribution in [-0.2, 0) is 0 Å². The highest BCUT2D eigenvalue weighted by atomic mass is 16.6. The molecule has 5 heteroatoms. The average molecular weight is 342 g/mol. The largest absolute Gasteiger partial charge is 0.457 e. The smallest absolute Gasteiger partial charge is 0.269 e. The second-order valence-corrected chi connectivity index (χ2v) is 5.77. The zero-order valence-electron chi connectivity index (χ0n) is 13.7. The topological polar surface area (TPSA) is 69.2 Å². The van der Waals surface area contributed by atoms with E-state index in [2.05, 4.69) is 4.98 Å². The summed E-state index contributed by atoms with van der Waals surface area (Å²) in [7, 11) is 0. The van der Waals surface area contributed by atoms with Gasteiger partial charge in [0.15, 0.2) is 0 Å². The Morgan fingerprint density at radius 3 is 2.50 bits per heavy atom. The quantitative estimate of drug-likeness (QED) is 0.359. The Balaban J connectivity index is 1.55. The van der Waals surface area contributed by atoms with Gasteiger partial charge in [0.25, 0.3) is 5.69 Å². The van der Waals surface area contributed by atoms with Crippen LogP contribution in [0.2, 0.25) is 0 Å². The van der Waals surface area contributed by atoms with Gasteiger partial charge in [-0.15, -0.1) is 0 Å². The number of aromatic nitrogens is 1. The zero-order valence-corrected chi connectivity index (χ0v) is 13.7. The van der Waals surface area contributed by atoms with Gasteiger partial charge in [0.1, 0.15) is 11.5 Å². The summed E-state index contributed by atoms with van der Waals surface area (Å²) in [4.78, 5) is 14.9. The van der Waals surface area contributed by atoms with Crippen LogP contribution in [0.15, 0.2) is 77.2 Å². The van der Waals surface area contributed by atoms with Crippen LogP contribution in [0.1, 0.15) is 11.5 Å². The molecule has 2 aromatic carbocycles. The highest BCUT2D eigenvalue weighted by Gasteiger charge is 2.07. The fourth-order valence-corrected chi connectivity index (χ4v) is 2.69. The molecule has 0 aliphatic rings. The first-order chi connectivity index (χ1) is 12.7. The SMILES string of the molecule is O=[N+]([O-])c1ccc(-c2ccc(/C=C/c3ccc4ccccc4n3)o2)cc1. The molecule has 0 saturated heterocycles. The van der Waals surface area contributed by atoms with Gasteiger partial charge in [-0.25, -0.2) is 4.98 Å². The molecule has 4 aromatic rings. The molecule has 0 fully saturated rings. The third kappa shape index (κ3) is 3.23. The van der Waals surface area contributed by atoms with E-state index in [-0.39, 0.29) is 5.69 Å². The molecule has 4 rings (SSSR count). The predicted molar refractivity (Wildman–Crippen MR) is 101 cm³/mol. The fraction of sp³-hybridized carbons (Fsp3) is 0. The molecule has 5 nitrogen and oxygen atoms in total. The van der Waals surface area contributed by atoms with E-state index in [0.717, 1.165) is 22.2 Å². The van der Waals surface area contributed by atoms with Crippen LogP contribution in [0, 0.1) is 10.1 Å². The van der Waals surface area contributed by atoms with Gasteiger partial charge in [-0.2, -0.15) is 0 Å². The number of nitrogens with zero attached hydrogens (tertiary/aromatic N) is 2. The molecule has 0 bridgehead atoms. The fourth-order valence-electron chi connectivity index (χ4n) is 2.69. The van der Waals surface area contributed by atoms with E-state index in [9.17, 15) is 10.1 Å². The molecule has 0 amide bonds. The number of benzene rings is 2. The molecular formula is C21H14N2O3. The lowest BCUT2D eigenvalue weighted by Gasteiger charge is -1.98. The van der Waals surface area contributed by atoms with Crippen LogP contribution < -0.4 is 0 Å². The summed E-state index contributed by atoms with van der Waals surface area (Å²) in [5, 5.41) is 11.8. The minimum Gasteiger partial charge on any atom is -0.457 e. The Labute approximate surface area is 149 Å². The number of hydrogen-bond donors (Lipinski definition) is 0. The van der Waals surface area contributed by atoms with E-state index in [1.807, 2.05) is 60.7 Å². The van der Waals surface area contributed by atoms with Crippen LogP contribution in [0.5, 0.6) is 0 Å². The van der Waals surface area contributed by atoms with Gasteiger partial charge < -0.3 is 4.42 Å². The first-order valence-electron chi connectivity index (χ1n) is 8.07. The molecule has 0 saturated carbocycles. The number of fused-ring (bicyclic) bond motifs is 1. The Morgan fingerprint density at radius 2 is 1.69 bits per heavy atom. The van der Waals surface area contributed by atoms with Crippen molar-refractivity contribution < 1.29 is 9.34 Å². The first-order valence-corrected chi connectivity index (χ1v) is 8.07. The molecule has 0 atom stereocenters. The highest BCUT2D eigenvalue weighted by Crippen LogP contribution is 2.25. The van der Waals surface area contributed by atoms with Crippen molar-refractivity contribution in [3.05, 3.63) is 94.4 Å². The van der Waals surface area contributed by atoms with Crippen molar-refractivity contribution >= 4 is 28.7 Å². The number of nitro benzene ring substituents is 1. The standard InChI is InChI=1S/C21H14N2O3/c24-23(25)18-10-6-16(7-11-18)21-14-13-19(26-21)12-9-17-8-5-15-3-1-2-4-20(15)22-17/h1-14H/b12-9+. The minimum absolute atomic E-state index is 0.0582. The van der Waals surface area contributed by atoms with Crippen LogP contribution >= 0.6 is 0 Å². The van der Waals surface area contributed by atoms with Crippen molar-refractivity contribution in [3.8, 4) is 11.3 Å². The number of rotatable bonds is 4. The number of non-ortho nitro benzene ring substituents is 1. The lowest BCUT2D eigenvalue weighted by Crippen LogP contribution is -1.86. The van der Waals surface area contributed by atoms with E-state index < -0.39 is 4.92 Å². The highest BCUT2D eigenvalue weighted by molar-refractivity contribution is 5.80. The molecule has 0 aliphatic heterocycles. The molecule has 0 aliphatic carbocycles. The second-order valence-electron chi connectivity index (χ2n) is 5.77. The van der Waals surface area contributed by atoms with Gasteiger partial charge in [-0.05, 0) is 48.6 Å². The molecule has 0 spiro atoms. The van der Waals surface area contributed by atoms with Crippen LogP contribution in [0.4, 0.5) is 5.69 Å². The maximum Gasteiger partial charge on any atom is 0.269 e. The summed E-state index contributed by atoms with van der Waals surface area (Å²) < 4.78 is 5.79. The summed E-state index contributed by atoms with van der Waals surface area (Å²) >= 11 is 0. The summed E-state index contributed by atoms with van der Waals surface area (Å²) in [6, 6.07) is 21.9. The van der Waals surface area contributed by atoms with Gasteiger partial charge >= 0.3 is 0 Å². The second kappa shape index (κ2) is 6.64. The number of furan rings is 1. The average Bonchev–Trinajstić information content (AvgIpc) is 3.15. The Bertz CT molecular complexity index is 1110. The Hall–Kier alpha value is -3.73. The Kier molecular flexibility index (Phi) is 4.03. The minimum atomic E-state index is -0.420. The summed E-state index contributed by atoms with van der Waals surface area (Å²) in [5.74, 6) is 1.35. The molecule has 126 valence electrons. The van der Waals surface area contributed by atoms with Gasteiger partial charge in [-0.1, -0.05) is 24.3 Å². The monoisotopic (exact) mass is 342 g/mol. The molecule has 2 aromatic heterocycles. The molecule has 0 unspecified atom stereocenters. The third-order valence-electron chi connectivity index (χ3n) is 4.03. The van der Waals surface area contributed by atoms with Crippen molar-refractivity contribution in [2.45, 2.75) is 0 Å². The van der Waals surface area contributed by atoms with Crippen LogP contribution in [0.25, 0.3) is 34.4 Å². The first kappa shape index (κ1) is 15.8. The maximum absolute atomic E-state index is 10.7. The zero-order chi connectivity index (χ0) is 17.9. The van der Waals surface area contributed by atoms with E-state index in [0.29, 0.717) is 11.5 Å². The predicted octanol–water partition coefficient (Wildman–Crippen LogP) is 5.57. The van der Waals surface area contributed by atoms with E-state index in [4.69, 9.17) is 4.42 Å². The van der Waals surface area contributed by atoms with Gasteiger partial charge in [0.2, 0.25) is 0 Å².